The largest absolute Gasteiger partial charge is 0.497 e. The molecule has 0 aliphatic rings. The Labute approximate surface area is 157 Å². The molecule has 0 saturated heterocycles. The van der Waals surface area contributed by atoms with E-state index in [1.54, 1.807) is 31.2 Å². The minimum atomic E-state index is -1.58. The van der Waals surface area contributed by atoms with Crippen LogP contribution in [-0.4, -0.2) is 37.0 Å². The highest BCUT2D eigenvalue weighted by molar-refractivity contribution is 5.77. The summed E-state index contributed by atoms with van der Waals surface area (Å²) in [6, 6.07) is 14.8. The molecule has 2 rings (SSSR count). The molecule has 0 saturated carbocycles. The highest BCUT2D eigenvalue weighted by Gasteiger charge is 2.30. The van der Waals surface area contributed by atoms with Crippen LogP contribution < -0.4 is 10.1 Å². The Bertz CT molecular complexity index is 732. The predicted octanol–water partition coefficient (Wildman–Crippen LogP) is 2.59. The lowest BCUT2D eigenvalue weighted by Crippen LogP contribution is -2.41. The molecule has 2 aromatic carbocycles. The van der Waals surface area contributed by atoms with E-state index in [0.29, 0.717) is 11.3 Å². The van der Waals surface area contributed by atoms with E-state index in [9.17, 15) is 14.7 Å². The number of aliphatic hydroxyl groups excluding tert-OH is 1. The normalized spacial score (nSPS) is 12.6. The Kier molecular flexibility index (Phi) is 7.63. The molecule has 0 fully saturated rings. The molecular formula is C20H23NO6. The van der Waals surface area contributed by atoms with Gasteiger partial charge in [-0.15, -0.1) is 0 Å². The molecule has 0 heterocycles. The summed E-state index contributed by atoms with van der Waals surface area (Å²) in [6.07, 6.45) is -2.34. The van der Waals surface area contributed by atoms with Crippen LogP contribution in [0.2, 0.25) is 0 Å². The highest BCUT2D eigenvalue weighted by atomic mass is 16.6. The van der Waals surface area contributed by atoms with Gasteiger partial charge in [-0.1, -0.05) is 42.5 Å². The second-order valence-electron chi connectivity index (χ2n) is 5.65. The molecule has 0 spiro atoms. The van der Waals surface area contributed by atoms with Gasteiger partial charge in [-0.3, -0.25) is 0 Å². The van der Waals surface area contributed by atoms with Crippen LogP contribution in [0.3, 0.4) is 0 Å². The molecular weight excluding hydrogens is 350 g/mol. The molecule has 2 N–H and O–H groups in total. The van der Waals surface area contributed by atoms with E-state index in [4.69, 9.17) is 14.2 Å². The number of rotatable bonds is 8. The van der Waals surface area contributed by atoms with Gasteiger partial charge in [0.1, 0.15) is 12.4 Å². The van der Waals surface area contributed by atoms with Gasteiger partial charge in [0.25, 0.3) is 0 Å². The van der Waals surface area contributed by atoms with Crippen molar-refractivity contribution in [3.05, 3.63) is 65.7 Å². The molecule has 144 valence electrons. The smallest absolute Gasteiger partial charge is 0.408 e. The number of esters is 1. The number of methoxy groups -OCH3 is 1. The van der Waals surface area contributed by atoms with Crippen LogP contribution in [0.1, 0.15) is 24.1 Å². The van der Waals surface area contributed by atoms with Gasteiger partial charge < -0.3 is 24.6 Å². The molecule has 1 amide bonds. The van der Waals surface area contributed by atoms with Crippen LogP contribution in [0.5, 0.6) is 5.75 Å². The van der Waals surface area contributed by atoms with Gasteiger partial charge in [-0.05, 0) is 30.2 Å². The Morgan fingerprint density at radius 1 is 1.04 bits per heavy atom. The van der Waals surface area contributed by atoms with E-state index in [0.717, 1.165) is 5.56 Å². The molecule has 0 aliphatic heterocycles. The maximum atomic E-state index is 12.2. The predicted molar refractivity (Wildman–Crippen MR) is 98.1 cm³/mol. The lowest BCUT2D eigenvalue weighted by molar-refractivity contribution is -0.154. The van der Waals surface area contributed by atoms with Crippen molar-refractivity contribution in [1.29, 1.82) is 0 Å². The first-order valence-corrected chi connectivity index (χ1v) is 8.51. The Morgan fingerprint density at radius 3 is 2.30 bits per heavy atom. The first-order chi connectivity index (χ1) is 13.0. The first kappa shape index (κ1) is 20.3. The monoisotopic (exact) mass is 373 g/mol. The van der Waals surface area contributed by atoms with Crippen molar-refractivity contribution in [2.24, 2.45) is 0 Å². The molecule has 2 aromatic rings. The fourth-order valence-corrected chi connectivity index (χ4v) is 2.41. The van der Waals surface area contributed by atoms with Crippen LogP contribution >= 0.6 is 0 Å². The van der Waals surface area contributed by atoms with Crippen LogP contribution in [0.25, 0.3) is 0 Å². The van der Waals surface area contributed by atoms with Crippen LogP contribution in [0.4, 0.5) is 4.79 Å². The number of carbonyl (C=O) groups excluding carboxylic acids is 2. The lowest BCUT2D eigenvalue weighted by Gasteiger charge is -2.23. The third kappa shape index (κ3) is 6.00. The third-order valence-corrected chi connectivity index (χ3v) is 3.80. The van der Waals surface area contributed by atoms with Crippen molar-refractivity contribution in [3.63, 3.8) is 0 Å². The van der Waals surface area contributed by atoms with Crippen LogP contribution in [0.15, 0.2) is 54.6 Å². The fraction of sp³-hybridized carbons (Fsp3) is 0.300. The molecule has 0 bridgehead atoms. The Balaban J connectivity index is 2.10. The fourth-order valence-electron chi connectivity index (χ4n) is 2.41. The zero-order valence-corrected chi connectivity index (χ0v) is 15.3. The number of benzene rings is 2. The SMILES string of the molecule is CCOC(=O)[C@@H](O)[C@H](NC(=O)OCc1ccccc1)c1ccc(OC)cc1. The first-order valence-electron chi connectivity index (χ1n) is 8.51. The molecule has 7 heteroatoms. The van der Waals surface area contributed by atoms with Crippen LogP contribution in [0, 0.1) is 0 Å². The zero-order valence-electron chi connectivity index (χ0n) is 15.3. The third-order valence-electron chi connectivity index (χ3n) is 3.80. The van der Waals surface area contributed by atoms with Crippen LogP contribution in [-0.2, 0) is 20.9 Å². The summed E-state index contributed by atoms with van der Waals surface area (Å²) in [7, 11) is 1.53. The summed E-state index contributed by atoms with van der Waals surface area (Å²) >= 11 is 0. The summed E-state index contributed by atoms with van der Waals surface area (Å²) in [5.41, 5.74) is 1.33. The van der Waals surface area contributed by atoms with E-state index in [1.165, 1.54) is 7.11 Å². The quantitative estimate of drug-likeness (QED) is 0.691. The molecule has 7 nitrogen and oxygen atoms in total. The number of alkyl carbamates (subject to hydrolysis) is 1. The number of aliphatic hydroxyl groups is 1. The number of carbonyl (C=O) groups is 2. The summed E-state index contributed by atoms with van der Waals surface area (Å²) < 4.78 is 15.1. The number of hydrogen-bond donors (Lipinski definition) is 2. The van der Waals surface area contributed by atoms with Crippen molar-refractivity contribution >= 4 is 12.1 Å². The molecule has 0 aliphatic carbocycles. The molecule has 27 heavy (non-hydrogen) atoms. The average molecular weight is 373 g/mol. The van der Waals surface area contributed by atoms with Crippen molar-refractivity contribution in [2.45, 2.75) is 25.7 Å². The van der Waals surface area contributed by atoms with Gasteiger partial charge >= 0.3 is 12.1 Å². The highest BCUT2D eigenvalue weighted by Crippen LogP contribution is 2.22. The minimum Gasteiger partial charge on any atom is -0.497 e. The van der Waals surface area contributed by atoms with Gasteiger partial charge in [0, 0.05) is 0 Å². The second kappa shape index (κ2) is 10.2. The number of nitrogens with one attached hydrogen (secondary N) is 1. The van der Waals surface area contributed by atoms with Crippen molar-refractivity contribution in [2.75, 3.05) is 13.7 Å². The second-order valence-corrected chi connectivity index (χ2v) is 5.65. The Hall–Kier alpha value is -3.06. The summed E-state index contributed by atoms with van der Waals surface area (Å²) in [6.45, 7) is 1.82. The average Bonchev–Trinajstić information content (AvgIpc) is 2.71. The maximum absolute atomic E-state index is 12.2. The van der Waals surface area contributed by atoms with E-state index in [1.807, 2.05) is 30.3 Å². The topological polar surface area (TPSA) is 94.1 Å². The summed E-state index contributed by atoms with van der Waals surface area (Å²) in [4.78, 5) is 24.1. The number of amides is 1. The number of ether oxygens (including phenoxy) is 3. The van der Waals surface area contributed by atoms with Gasteiger partial charge in [0.2, 0.25) is 0 Å². The summed E-state index contributed by atoms with van der Waals surface area (Å²) in [5, 5.41) is 12.9. The molecule has 0 radical (unpaired) electrons. The molecule has 0 aromatic heterocycles. The van der Waals surface area contributed by atoms with E-state index >= 15 is 0 Å². The van der Waals surface area contributed by atoms with E-state index in [2.05, 4.69) is 5.32 Å². The standard InChI is InChI=1S/C20H23NO6/c1-3-26-19(23)18(22)17(15-9-11-16(25-2)12-10-15)21-20(24)27-13-14-7-5-4-6-8-14/h4-12,17-18,22H,3,13H2,1-2H3,(H,21,24)/t17-,18+/m1/s1. The zero-order chi connectivity index (χ0) is 19.6. The van der Waals surface area contributed by atoms with E-state index in [-0.39, 0.29) is 13.2 Å². The van der Waals surface area contributed by atoms with Crippen molar-refractivity contribution in [1.82, 2.24) is 5.32 Å². The molecule has 2 atom stereocenters. The Morgan fingerprint density at radius 2 is 1.70 bits per heavy atom. The summed E-state index contributed by atoms with van der Waals surface area (Å²) in [5.74, 6) is -0.226. The number of hydrogen-bond acceptors (Lipinski definition) is 6. The molecule has 0 unspecified atom stereocenters. The lowest BCUT2D eigenvalue weighted by atomic mass is 10.0. The van der Waals surface area contributed by atoms with Gasteiger partial charge in [-0.2, -0.15) is 0 Å². The van der Waals surface area contributed by atoms with E-state index < -0.39 is 24.2 Å². The maximum Gasteiger partial charge on any atom is 0.408 e. The van der Waals surface area contributed by atoms with Crippen molar-refractivity contribution < 1.29 is 28.9 Å². The van der Waals surface area contributed by atoms with Gasteiger partial charge in [-0.25, -0.2) is 9.59 Å². The minimum absolute atomic E-state index is 0.0670. The van der Waals surface area contributed by atoms with Gasteiger partial charge in [0.05, 0.1) is 19.8 Å². The van der Waals surface area contributed by atoms with Crippen molar-refractivity contribution in [3.8, 4) is 5.75 Å². The van der Waals surface area contributed by atoms with Gasteiger partial charge in [0.15, 0.2) is 6.10 Å².